The third-order valence-corrected chi connectivity index (χ3v) is 3.07. The molecule has 0 spiro atoms. The van der Waals surface area contributed by atoms with Crippen molar-refractivity contribution >= 4 is 0 Å². The summed E-state index contributed by atoms with van der Waals surface area (Å²) in [6.45, 7) is 5.81. The summed E-state index contributed by atoms with van der Waals surface area (Å²) in [5.74, 6) is 0. The van der Waals surface area contributed by atoms with Crippen molar-refractivity contribution in [2.24, 2.45) is 5.41 Å². The van der Waals surface area contributed by atoms with Gasteiger partial charge in [-0.2, -0.15) is 0 Å². The first-order chi connectivity index (χ1) is 6.02. The van der Waals surface area contributed by atoms with Crippen molar-refractivity contribution in [2.75, 3.05) is 0 Å². The largest absolute Gasteiger partial charge is 0.368 e. The first-order valence-corrected chi connectivity index (χ1v) is 4.67. The molecule has 0 aromatic heterocycles. The summed E-state index contributed by atoms with van der Waals surface area (Å²) in [6, 6.07) is 0. The predicted molar refractivity (Wildman–Crippen MR) is 44.7 cm³/mol. The van der Waals surface area contributed by atoms with Crippen molar-refractivity contribution in [1.29, 1.82) is 0 Å². The van der Waals surface area contributed by atoms with Gasteiger partial charge in [0, 0.05) is 11.8 Å². The second-order valence-corrected chi connectivity index (χ2v) is 4.11. The molecule has 2 saturated heterocycles. The number of aliphatic hydroxyl groups is 1. The molecule has 2 heterocycles. The fourth-order valence-electron chi connectivity index (χ4n) is 1.94. The maximum Gasteiger partial charge on any atom is 0.171 e. The van der Waals surface area contributed by atoms with Crippen LogP contribution in [0.15, 0.2) is 0 Å². The molecule has 4 heteroatoms. The molecule has 0 bridgehead atoms. The summed E-state index contributed by atoms with van der Waals surface area (Å²) in [7, 11) is 0. The second-order valence-electron chi connectivity index (χ2n) is 4.11. The maximum atomic E-state index is 9.34. The van der Waals surface area contributed by atoms with Gasteiger partial charge in [0.15, 0.2) is 18.9 Å². The van der Waals surface area contributed by atoms with Gasteiger partial charge in [0.1, 0.15) is 0 Å². The van der Waals surface area contributed by atoms with E-state index in [1.165, 1.54) is 0 Å². The molecule has 2 unspecified atom stereocenters. The Kier molecular flexibility index (Phi) is 2.11. The van der Waals surface area contributed by atoms with E-state index in [2.05, 4.69) is 0 Å². The van der Waals surface area contributed by atoms with Gasteiger partial charge in [-0.1, -0.05) is 6.92 Å². The zero-order valence-electron chi connectivity index (χ0n) is 8.19. The topological polar surface area (TPSA) is 47.9 Å². The molecule has 4 nitrogen and oxygen atoms in total. The van der Waals surface area contributed by atoms with E-state index in [0.717, 1.165) is 0 Å². The summed E-state index contributed by atoms with van der Waals surface area (Å²) >= 11 is 0. The van der Waals surface area contributed by atoms with Crippen molar-refractivity contribution < 1.29 is 19.3 Å². The van der Waals surface area contributed by atoms with Gasteiger partial charge in [0.2, 0.25) is 0 Å². The Labute approximate surface area is 77.8 Å². The second kappa shape index (κ2) is 2.92. The van der Waals surface area contributed by atoms with Crippen LogP contribution in [-0.4, -0.2) is 30.1 Å². The first-order valence-electron chi connectivity index (χ1n) is 4.67. The van der Waals surface area contributed by atoms with Crippen LogP contribution in [0.5, 0.6) is 0 Å². The van der Waals surface area contributed by atoms with E-state index in [1.54, 1.807) is 0 Å². The minimum absolute atomic E-state index is 0.0278. The van der Waals surface area contributed by atoms with Crippen LogP contribution in [-0.2, 0) is 14.2 Å². The molecule has 0 aromatic carbocycles. The van der Waals surface area contributed by atoms with E-state index >= 15 is 0 Å². The number of aliphatic hydroxyl groups excluding tert-OH is 1. The van der Waals surface area contributed by atoms with Crippen LogP contribution in [0.4, 0.5) is 0 Å². The zero-order valence-corrected chi connectivity index (χ0v) is 8.19. The zero-order chi connectivity index (χ0) is 9.64. The molecular formula is C9H16O4. The average Bonchev–Trinajstić information content (AvgIpc) is 2.21. The molecule has 0 saturated carbocycles. The summed E-state index contributed by atoms with van der Waals surface area (Å²) in [4.78, 5) is 0. The van der Waals surface area contributed by atoms with Gasteiger partial charge in [-0.3, -0.25) is 0 Å². The highest BCUT2D eigenvalue weighted by atomic mass is 16.9. The lowest BCUT2D eigenvalue weighted by Crippen LogP contribution is -2.52. The van der Waals surface area contributed by atoms with Crippen LogP contribution in [0.1, 0.15) is 27.2 Å². The van der Waals surface area contributed by atoms with Crippen molar-refractivity contribution in [3.8, 4) is 0 Å². The quantitative estimate of drug-likeness (QED) is 0.662. The third-order valence-electron chi connectivity index (χ3n) is 3.07. The highest BCUT2D eigenvalue weighted by Crippen LogP contribution is 2.45. The van der Waals surface area contributed by atoms with Crippen LogP contribution < -0.4 is 0 Å². The van der Waals surface area contributed by atoms with Gasteiger partial charge in [0.25, 0.3) is 0 Å². The minimum Gasteiger partial charge on any atom is -0.368 e. The Hall–Kier alpha value is -0.160. The lowest BCUT2D eigenvalue weighted by Gasteiger charge is -2.44. The maximum absolute atomic E-state index is 9.34. The third kappa shape index (κ3) is 1.38. The van der Waals surface area contributed by atoms with Crippen LogP contribution in [0.2, 0.25) is 0 Å². The van der Waals surface area contributed by atoms with Crippen molar-refractivity contribution in [3.05, 3.63) is 0 Å². The van der Waals surface area contributed by atoms with E-state index < -0.39 is 6.29 Å². The molecule has 0 amide bonds. The van der Waals surface area contributed by atoms with Gasteiger partial charge in [0.05, 0.1) is 6.10 Å². The molecule has 0 radical (unpaired) electrons. The Morgan fingerprint density at radius 3 is 2.23 bits per heavy atom. The van der Waals surface area contributed by atoms with Crippen LogP contribution in [0, 0.1) is 5.41 Å². The summed E-state index contributed by atoms with van der Waals surface area (Å²) in [6.07, 6.45) is -0.476. The Bertz CT molecular complexity index is 202. The lowest BCUT2D eigenvalue weighted by atomic mass is 9.82. The highest BCUT2D eigenvalue weighted by Gasteiger charge is 2.53. The molecule has 2 rings (SSSR count). The number of hydrogen-bond acceptors (Lipinski definition) is 4. The van der Waals surface area contributed by atoms with E-state index in [1.807, 2.05) is 20.8 Å². The predicted octanol–water partition coefficient (Wildman–Crippen LogP) is 0.839. The van der Waals surface area contributed by atoms with Gasteiger partial charge in [-0.25, -0.2) is 0 Å². The minimum atomic E-state index is -0.678. The number of hydrogen-bond donors (Lipinski definition) is 1. The molecular weight excluding hydrogens is 172 g/mol. The number of ether oxygens (including phenoxy) is 3. The van der Waals surface area contributed by atoms with Gasteiger partial charge < -0.3 is 19.3 Å². The first kappa shape index (κ1) is 9.40. The molecule has 2 aliphatic rings. The normalized spacial score (nSPS) is 56.3. The smallest absolute Gasteiger partial charge is 0.171 e. The number of rotatable bonds is 1. The highest BCUT2D eigenvalue weighted by molar-refractivity contribution is 4.92. The molecule has 1 N–H and O–H groups in total. The molecule has 76 valence electrons. The van der Waals surface area contributed by atoms with Crippen molar-refractivity contribution in [3.63, 3.8) is 0 Å². The molecule has 2 fully saturated rings. The van der Waals surface area contributed by atoms with E-state index in [0.29, 0.717) is 6.42 Å². The summed E-state index contributed by atoms with van der Waals surface area (Å²) in [5, 5.41) is 9.34. The van der Waals surface area contributed by atoms with Crippen LogP contribution in [0.3, 0.4) is 0 Å². The molecule has 13 heavy (non-hydrogen) atoms. The average molecular weight is 188 g/mol. The van der Waals surface area contributed by atoms with Gasteiger partial charge in [-0.15, -0.1) is 0 Å². The van der Waals surface area contributed by atoms with Crippen molar-refractivity contribution in [2.45, 2.75) is 52.2 Å². The van der Waals surface area contributed by atoms with Gasteiger partial charge >= 0.3 is 0 Å². The van der Waals surface area contributed by atoms with Crippen molar-refractivity contribution in [1.82, 2.24) is 0 Å². The fraction of sp³-hybridized carbons (Fsp3) is 1.00. The Morgan fingerprint density at radius 1 is 1.23 bits per heavy atom. The molecule has 0 aromatic rings. The molecule has 2 aliphatic heterocycles. The van der Waals surface area contributed by atoms with E-state index in [4.69, 9.17) is 14.2 Å². The monoisotopic (exact) mass is 188 g/mol. The van der Waals surface area contributed by atoms with Gasteiger partial charge in [-0.05, 0) is 13.8 Å². The summed E-state index contributed by atoms with van der Waals surface area (Å²) < 4.78 is 16.1. The standard InChI is InChI=1S/C9H16O4/c1-5-9(3,4-7(10)11-5)8-12-6(2)13-8/h5-8,10H,4H2,1-3H3/t5?,6?,7?,8?,9-/m1/s1. The Balaban J connectivity index is 2.03. The van der Waals surface area contributed by atoms with Crippen LogP contribution >= 0.6 is 0 Å². The molecule has 0 aliphatic carbocycles. The van der Waals surface area contributed by atoms with E-state index in [-0.39, 0.29) is 24.1 Å². The Morgan fingerprint density at radius 2 is 1.85 bits per heavy atom. The van der Waals surface area contributed by atoms with E-state index in [9.17, 15) is 5.11 Å². The van der Waals surface area contributed by atoms with Crippen LogP contribution in [0.25, 0.3) is 0 Å². The lowest BCUT2D eigenvalue weighted by molar-refractivity contribution is -0.411. The summed E-state index contributed by atoms with van der Waals surface area (Å²) in [5.41, 5.74) is -0.216. The molecule has 3 atom stereocenters. The SMILES string of the molecule is CC1OC([C@]2(C)CC(O)OC2C)O1. The fourth-order valence-corrected chi connectivity index (χ4v) is 1.94.